The van der Waals surface area contributed by atoms with E-state index in [0.717, 1.165) is 27.4 Å². The van der Waals surface area contributed by atoms with Gasteiger partial charge in [-0.05, 0) is 24.3 Å². The monoisotopic (exact) mass is 786 g/mol. The molecule has 0 aliphatic carbocycles. The Morgan fingerprint density at radius 3 is 2.07 bits per heavy atom. The number of azo groups is 2. The van der Waals surface area contributed by atoms with Gasteiger partial charge in [0.05, 0.1) is 35.1 Å². The maximum atomic E-state index is 12.1. The van der Waals surface area contributed by atoms with E-state index in [0.29, 0.717) is 15.7 Å². The minimum Gasteiger partial charge on any atom is -0.478 e. The molecule has 280 valence electrons. The van der Waals surface area contributed by atoms with Gasteiger partial charge in [0.25, 0.3) is 23.2 Å². The standard InChI is InChI=1S/C31H26N14O8S2/c1-31(2,3)24-22(26(33)45(43-24)16-7-4-6-14(27(48)49)21(16)28(50)51)38-42-30-41-37-20(55-30)10-19-36-40-29(54-19)39-35-15-11-34-44(25(15)32)17-8-5-9-18(52-12-46)23(17)53-13-47/h4-9,11-13H,10,32-33H2,1-3H3,(H,48,49)(H,50,51). The normalized spacial score (nSPS) is 11.7. The van der Waals surface area contributed by atoms with Crippen LogP contribution in [0.5, 0.6) is 11.5 Å². The van der Waals surface area contributed by atoms with Gasteiger partial charge in [-0.2, -0.15) is 10.2 Å². The number of ether oxygens (including phenoxy) is 2. The molecule has 0 atom stereocenters. The van der Waals surface area contributed by atoms with Crippen molar-refractivity contribution in [2.45, 2.75) is 32.6 Å². The molecular weight excluding hydrogens is 761 g/mol. The number of carbonyl (C=O) groups excluding carboxylic acids is 2. The summed E-state index contributed by atoms with van der Waals surface area (Å²) in [4.78, 5) is 45.9. The fraction of sp³-hybridized carbons (Fsp3) is 0.161. The average Bonchev–Trinajstić information content (AvgIpc) is 3.94. The number of nitrogen functional groups attached to an aromatic ring is 2. The van der Waals surface area contributed by atoms with Gasteiger partial charge in [0.15, 0.2) is 28.8 Å². The van der Waals surface area contributed by atoms with Crippen molar-refractivity contribution >= 4 is 80.8 Å². The van der Waals surface area contributed by atoms with Crippen LogP contribution in [0.4, 0.5) is 33.3 Å². The molecule has 0 saturated carbocycles. The number of anilines is 2. The number of para-hydroxylation sites is 1. The van der Waals surface area contributed by atoms with Gasteiger partial charge in [-0.3, -0.25) is 9.59 Å². The number of carboxylic acid groups (broad SMARTS) is 2. The molecule has 0 fully saturated rings. The molecule has 24 heteroatoms. The molecule has 6 rings (SSSR count). The number of hydrogen-bond donors (Lipinski definition) is 4. The van der Waals surface area contributed by atoms with Crippen molar-refractivity contribution in [3.63, 3.8) is 0 Å². The summed E-state index contributed by atoms with van der Waals surface area (Å²) in [6.07, 6.45) is 1.55. The number of rotatable bonds is 14. The van der Waals surface area contributed by atoms with Crippen LogP contribution in [-0.2, 0) is 21.4 Å². The van der Waals surface area contributed by atoms with Crippen LogP contribution in [0.15, 0.2) is 63.1 Å². The van der Waals surface area contributed by atoms with Crippen LogP contribution in [0.1, 0.15) is 57.2 Å². The van der Waals surface area contributed by atoms with Gasteiger partial charge in [-0.15, -0.1) is 40.9 Å². The second-order valence-electron chi connectivity index (χ2n) is 11.9. The number of carbonyl (C=O) groups is 4. The molecule has 2 aromatic carbocycles. The Morgan fingerprint density at radius 2 is 1.45 bits per heavy atom. The van der Waals surface area contributed by atoms with E-state index in [1.54, 1.807) is 6.07 Å². The van der Waals surface area contributed by atoms with E-state index < -0.39 is 28.5 Å². The number of aromatic carboxylic acids is 2. The van der Waals surface area contributed by atoms with Crippen molar-refractivity contribution in [3.05, 3.63) is 69.4 Å². The number of nitrogens with zero attached hydrogens (tertiary/aromatic N) is 12. The van der Waals surface area contributed by atoms with Crippen LogP contribution >= 0.6 is 22.7 Å². The van der Waals surface area contributed by atoms with Crippen molar-refractivity contribution in [2.75, 3.05) is 11.5 Å². The highest BCUT2D eigenvalue weighted by atomic mass is 32.1. The van der Waals surface area contributed by atoms with Gasteiger partial charge in [-0.1, -0.05) is 55.6 Å². The topological polar surface area (TPSA) is 316 Å². The number of hydrogen-bond acceptors (Lipinski definition) is 20. The number of carboxylic acids is 2. The summed E-state index contributed by atoms with van der Waals surface area (Å²) in [5.41, 5.74) is 11.9. The van der Waals surface area contributed by atoms with E-state index in [1.807, 2.05) is 20.8 Å². The van der Waals surface area contributed by atoms with E-state index in [-0.39, 0.29) is 75.5 Å². The minimum absolute atomic E-state index is 0.0310. The Morgan fingerprint density at radius 1 is 0.818 bits per heavy atom. The molecule has 4 aromatic heterocycles. The molecule has 0 aliphatic heterocycles. The summed E-state index contributed by atoms with van der Waals surface area (Å²) in [5.74, 6) is -3.05. The maximum Gasteiger partial charge on any atom is 0.338 e. The Hall–Kier alpha value is -7.34. The van der Waals surface area contributed by atoms with E-state index in [4.69, 9.17) is 20.9 Å². The third-order valence-corrected chi connectivity index (χ3v) is 8.94. The molecule has 0 unspecified atom stereocenters. The van der Waals surface area contributed by atoms with Crippen LogP contribution in [0.2, 0.25) is 0 Å². The van der Waals surface area contributed by atoms with Crippen molar-refractivity contribution in [2.24, 2.45) is 20.5 Å². The van der Waals surface area contributed by atoms with Crippen molar-refractivity contribution < 1.29 is 38.9 Å². The molecule has 4 heterocycles. The van der Waals surface area contributed by atoms with Crippen molar-refractivity contribution in [1.82, 2.24) is 40.0 Å². The highest BCUT2D eigenvalue weighted by Gasteiger charge is 2.30. The predicted octanol–water partition coefficient (Wildman–Crippen LogP) is 5.11. The lowest BCUT2D eigenvalue weighted by molar-refractivity contribution is -0.123. The third-order valence-electron chi connectivity index (χ3n) is 7.33. The molecule has 0 aliphatic rings. The van der Waals surface area contributed by atoms with Crippen LogP contribution in [0.3, 0.4) is 0 Å². The fourth-order valence-corrected chi connectivity index (χ4v) is 6.38. The number of aromatic nitrogens is 8. The number of benzene rings is 2. The average molecular weight is 787 g/mol. The van der Waals surface area contributed by atoms with Crippen molar-refractivity contribution in [1.29, 1.82) is 0 Å². The van der Waals surface area contributed by atoms with Crippen LogP contribution in [-0.4, -0.2) is 75.1 Å². The summed E-state index contributed by atoms with van der Waals surface area (Å²) in [6, 6.07) is 8.46. The van der Waals surface area contributed by atoms with Crippen LogP contribution < -0.4 is 20.9 Å². The minimum atomic E-state index is -1.47. The van der Waals surface area contributed by atoms with E-state index >= 15 is 0 Å². The zero-order valence-electron chi connectivity index (χ0n) is 28.6. The smallest absolute Gasteiger partial charge is 0.338 e. The summed E-state index contributed by atoms with van der Waals surface area (Å²) in [6.45, 7) is 5.89. The van der Waals surface area contributed by atoms with E-state index in [9.17, 15) is 29.4 Å². The molecule has 0 bridgehead atoms. The van der Waals surface area contributed by atoms with E-state index in [1.165, 1.54) is 41.2 Å². The summed E-state index contributed by atoms with van der Waals surface area (Å²) < 4.78 is 12.2. The molecule has 0 amide bonds. The highest BCUT2D eigenvalue weighted by Crippen LogP contribution is 2.40. The summed E-state index contributed by atoms with van der Waals surface area (Å²) in [7, 11) is 0. The molecule has 0 radical (unpaired) electrons. The SMILES string of the molecule is CC(C)(C)c1nn(-c2cccc(C(=O)O)c2C(=O)O)c(N)c1N=Nc1nnc(Cc2nnc(N=Nc3cnn(-c4cccc(OC=O)c4OC=O)c3N)s2)s1. The fourth-order valence-electron chi connectivity index (χ4n) is 4.96. The first-order valence-corrected chi connectivity index (χ1v) is 17.1. The van der Waals surface area contributed by atoms with E-state index in [2.05, 4.69) is 51.0 Å². The van der Waals surface area contributed by atoms with Gasteiger partial charge >= 0.3 is 11.9 Å². The van der Waals surface area contributed by atoms with Gasteiger partial charge in [0.2, 0.25) is 0 Å². The molecule has 22 nitrogen and oxygen atoms in total. The first kappa shape index (κ1) is 37.4. The Bertz CT molecular complexity index is 2510. The molecule has 6 aromatic rings. The molecular formula is C31H26N14O8S2. The lowest BCUT2D eigenvalue weighted by atomic mass is 9.91. The summed E-state index contributed by atoms with van der Waals surface area (Å²) >= 11 is 2.24. The second kappa shape index (κ2) is 15.3. The summed E-state index contributed by atoms with van der Waals surface area (Å²) in [5, 5.41) is 62.7. The molecule has 0 saturated heterocycles. The predicted molar refractivity (Wildman–Crippen MR) is 193 cm³/mol. The zero-order chi connectivity index (χ0) is 39.4. The number of nitrogens with two attached hydrogens (primary N) is 2. The zero-order valence-corrected chi connectivity index (χ0v) is 30.2. The first-order chi connectivity index (χ1) is 26.3. The Balaban J connectivity index is 1.19. The quantitative estimate of drug-likeness (QED) is 0.0823. The van der Waals surface area contributed by atoms with Gasteiger partial charge in [0, 0.05) is 5.41 Å². The molecule has 6 N–H and O–H groups in total. The molecule has 0 spiro atoms. The lowest BCUT2D eigenvalue weighted by Gasteiger charge is -2.15. The van der Waals surface area contributed by atoms with Gasteiger partial charge in [-0.25, -0.2) is 19.0 Å². The first-order valence-electron chi connectivity index (χ1n) is 15.4. The second-order valence-corrected chi connectivity index (χ2v) is 14.0. The maximum absolute atomic E-state index is 12.1. The Kier molecular flexibility index (Phi) is 10.4. The lowest BCUT2D eigenvalue weighted by Crippen LogP contribution is -2.16. The van der Waals surface area contributed by atoms with Crippen LogP contribution in [0.25, 0.3) is 11.4 Å². The van der Waals surface area contributed by atoms with Gasteiger partial charge in [0.1, 0.15) is 21.4 Å². The highest BCUT2D eigenvalue weighted by molar-refractivity contribution is 7.16. The van der Waals surface area contributed by atoms with Crippen LogP contribution in [0, 0.1) is 0 Å². The van der Waals surface area contributed by atoms with Crippen molar-refractivity contribution in [3.8, 4) is 22.9 Å². The third kappa shape index (κ3) is 7.74. The Labute approximate surface area is 315 Å². The largest absolute Gasteiger partial charge is 0.478 e. The molecule has 55 heavy (non-hydrogen) atoms. The van der Waals surface area contributed by atoms with Gasteiger partial charge < -0.3 is 31.2 Å².